The molecule has 0 amide bonds. The van der Waals surface area contributed by atoms with Gasteiger partial charge in [-0.05, 0) is 44.0 Å². The number of nitrogens with zero attached hydrogens (tertiary/aromatic N) is 1. The molecule has 1 rings (SSSR count). The average Bonchev–Trinajstić information content (AvgIpc) is 2.15. The molecule has 0 aromatic heterocycles. The standard InChI is InChI=1S/C13H22N2O/c1-10-5-11(2)7-12(6-10)15(4)8-13(3,14)9-16/h5-7,16H,8-9,14H2,1-4H3. The highest BCUT2D eigenvalue weighted by Crippen LogP contribution is 2.18. The van der Waals surface area contributed by atoms with Gasteiger partial charge < -0.3 is 15.7 Å². The number of nitrogens with two attached hydrogens (primary N) is 1. The van der Waals surface area contributed by atoms with E-state index >= 15 is 0 Å². The van der Waals surface area contributed by atoms with Crippen LogP contribution in [0.25, 0.3) is 0 Å². The van der Waals surface area contributed by atoms with Crippen LogP contribution in [-0.2, 0) is 0 Å². The first kappa shape index (κ1) is 13.0. The zero-order valence-electron chi connectivity index (χ0n) is 10.6. The van der Waals surface area contributed by atoms with E-state index in [1.807, 2.05) is 14.0 Å². The molecule has 1 aromatic rings. The minimum Gasteiger partial charge on any atom is -0.394 e. The lowest BCUT2D eigenvalue weighted by atomic mass is 10.0. The Bertz CT molecular complexity index is 341. The molecule has 90 valence electrons. The number of hydrogen-bond acceptors (Lipinski definition) is 3. The number of rotatable bonds is 4. The van der Waals surface area contributed by atoms with Crippen LogP contribution in [0.3, 0.4) is 0 Å². The molecule has 0 aliphatic carbocycles. The third-order valence-corrected chi connectivity index (χ3v) is 2.61. The van der Waals surface area contributed by atoms with Gasteiger partial charge in [-0.25, -0.2) is 0 Å². The Morgan fingerprint density at radius 3 is 2.19 bits per heavy atom. The smallest absolute Gasteiger partial charge is 0.0625 e. The Kier molecular flexibility index (Phi) is 3.94. The summed E-state index contributed by atoms with van der Waals surface area (Å²) >= 11 is 0. The van der Waals surface area contributed by atoms with Crippen LogP contribution < -0.4 is 10.6 Å². The van der Waals surface area contributed by atoms with Gasteiger partial charge in [0, 0.05) is 19.3 Å². The lowest BCUT2D eigenvalue weighted by molar-refractivity contribution is 0.212. The predicted octanol–water partition coefficient (Wildman–Crippen LogP) is 1.45. The Balaban J connectivity index is 2.84. The second-order valence-corrected chi connectivity index (χ2v) is 5.01. The van der Waals surface area contributed by atoms with Gasteiger partial charge in [-0.15, -0.1) is 0 Å². The van der Waals surface area contributed by atoms with Crippen molar-refractivity contribution >= 4 is 5.69 Å². The number of aliphatic hydroxyl groups excluding tert-OH is 1. The van der Waals surface area contributed by atoms with E-state index in [1.165, 1.54) is 11.1 Å². The van der Waals surface area contributed by atoms with Crippen molar-refractivity contribution in [2.45, 2.75) is 26.3 Å². The first-order chi connectivity index (χ1) is 7.34. The molecule has 16 heavy (non-hydrogen) atoms. The zero-order valence-corrected chi connectivity index (χ0v) is 10.6. The molecule has 0 aliphatic rings. The van der Waals surface area contributed by atoms with Crippen molar-refractivity contribution in [2.75, 3.05) is 25.1 Å². The van der Waals surface area contributed by atoms with Gasteiger partial charge in [0.1, 0.15) is 0 Å². The second-order valence-electron chi connectivity index (χ2n) is 5.01. The van der Waals surface area contributed by atoms with Crippen molar-refractivity contribution in [3.05, 3.63) is 29.3 Å². The highest BCUT2D eigenvalue weighted by molar-refractivity contribution is 5.50. The number of likely N-dealkylation sites (N-methyl/N-ethyl adjacent to an activating group) is 1. The maximum Gasteiger partial charge on any atom is 0.0625 e. The lowest BCUT2D eigenvalue weighted by Crippen LogP contribution is -2.49. The quantitative estimate of drug-likeness (QED) is 0.810. The molecule has 1 unspecified atom stereocenters. The lowest BCUT2D eigenvalue weighted by Gasteiger charge is -2.30. The van der Waals surface area contributed by atoms with Crippen LogP contribution in [0.1, 0.15) is 18.1 Å². The number of aryl methyl sites for hydroxylation is 2. The largest absolute Gasteiger partial charge is 0.394 e. The van der Waals surface area contributed by atoms with Gasteiger partial charge in [0.25, 0.3) is 0 Å². The fraction of sp³-hybridized carbons (Fsp3) is 0.538. The Labute approximate surface area is 97.9 Å². The molecule has 3 heteroatoms. The van der Waals surface area contributed by atoms with E-state index < -0.39 is 5.54 Å². The SMILES string of the molecule is Cc1cc(C)cc(N(C)CC(C)(N)CO)c1. The van der Waals surface area contributed by atoms with E-state index in [-0.39, 0.29) is 6.61 Å². The second kappa shape index (κ2) is 4.85. The molecule has 1 atom stereocenters. The van der Waals surface area contributed by atoms with Gasteiger partial charge in [0.15, 0.2) is 0 Å². The van der Waals surface area contributed by atoms with Crippen LogP contribution in [-0.4, -0.2) is 30.8 Å². The Hall–Kier alpha value is -1.06. The van der Waals surface area contributed by atoms with E-state index in [1.54, 1.807) is 0 Å². The van der Waals surface area contributed by atoms with Crippen LogP contribution in [0.4, 0.5) is 5.69 Å². The van der Waals surface area contributed by atoms with E-state index in [9.17, 15) is 0 Å². The van der Waals surface area contributed by atoms with Crippen LogP contribution in [0.2, 0.25) is 0 Å². The van der Waals surface area contributed by atoms with E-state index in [0.717, 1.165) is 5.69 Å². The molecule has 0 saturated heterocycles. The van der Waals surface area contributed by atoms with Gasteiger partial charge in [-0.1, -0.05) is 6.07 Å². The highest BCUT2D eigenvalue weighted by Gasteiger charge is 2.19. The molecule has 0 saturated carbocycles. The maximum atomic E-state index is 9.15. The van der Waals surface area contributed by atoms with Gasteiger partial charge in [-0.3, -0.25) is 0 Å². The van der Waals surface area contributed by atoms with Crippen molar-refractivity contribution in [3.8, 4) is 0 Å². The summed E-state index contributed by atoms with van der Waals surface area (Å²) in [7, 11) is 2.00. The fourth-order valence-electron chi connectivity index (χ4n) is 1.85. The topological polar surface area (TPSA) is 49.5 Å². The maximum absolute atomic E-state index is 9.15. The summed E-state index contributed by atoms with van der Waals surface area (Å²) in [6.07, 6.45) is 0. The summed E-state index contributed by atoms with van der Waals surface area (Å²) in [6.45, 7) is 6.64. The summed E-state index contributed by atoms with van der Waals surface area (Å²) in [5, 5.41) is 9.15. The number of hydrogen-bond donors (Lipinski definition) is 2. The first-order valence-corrected chi connectivity index (χ1v) is 5.53. The molecule has 3 N–H and O–H groups in total. The monoisotopic (exact) mass is 222 g/mol. The van der Waals surface area contributed by atoms with Gasteiger partial charge >= 0.3 is 0 Å². The zero-order chi connectivity index (χ0) is 12.3. The van der Waals surface area contributed by atoms with Gasteiger partial charge in [0.2, 0.25) is 0 Å². The van der Waals surface area contributed by atoms with E-state index in [4.69, 9.17) is 10.8 Å². The summed E-state index contributed by atoms with van der Waals surface area (Å²) in [5.41, 5.74) is 9.00. The molecule has 0 bridgehead atoms. The molecule has 0 aliphatic heterocycles. The van der Waals surface area contributed by atoms with E-state index in [2.05, 4.69) is 36.9 Å². The highest BCUT2D eigenvalue weighted by atomic mass is 16.3. The first-order valence-electron chi connectivity index (χ1n) is 5.53. The van der Waals surface area contributed by atoms with E-state index in [0.29, 0.717) is 6.54 Å². The van der Waals surface area contributed by atoms with Crippen LogP contribution in [0, 0.1) is 13.8 Å². The number of anilines is 1. The molecule has 0 radical (unpaired) electrons. The molecule has 3 nitrogen and oxygen atoms in total. The van der Waals surface area contributed by atoms with Crippen molar-refractivity contribution < 1.29 is 5.11 Å². The van der Waals surface area contributed by atoms with Crippen LogP contribution >= 0.6 is 0 Å². The predicted molar refractivity (Wildman–Crippen MR) is 68.9 cm³/mol. The normalized spacial score (nSPS) is 14.6. The van der Waals surface area contributed by atoms with Crippen molar-refractivity contribution in [3.63, 3.8) is 0 Å². The third-order valence-electron chi connectivity index (χ3n) is 2.61. The third kappa shape index (κ3) is 3.51. The molecular weight excluding hydrogens is 200 g/mol. The van der Waals surface area contributed by atoms with Gasteiger partial charge in [-0.2, -0.15) is 0 Å². The van der Waals surface area contributed by atoms with Crippen molar-refractivity contribution in [2.24, 2.45) is 5.73 Å². The average molecular weight is 222 g/mol. The summed E-state index contributed by atoms with van der Waals surface area (Å²) in [6, 6.07) is 6.39. The number of benzene rings is 1. The minimum absolute atomic E-state index is 0.0118. The Morgan fingerprint density at radius 2 is 1.75 bits per heavy atom. The summed E-state index contributed by atoms with van der Waals surface area (Å²) < 4.78 is 0. The van der Waals surface area contributed by atoms with Crippen molar-refractivity contribution in [1.29, 1.82) is 0 Å². The fourth-order valence-corrected chi connectivity index (χ4v) is 1.85. The summed E-state index contributed by atoms with van der Waals surface area (Å²) in [4.78, 5) is 2.08. The minimum atomic E-state index is -0.563. The number of aliphatic hydroxyl groups is 1. The van der Waals surface area contributed by atoms with Crippen LogP contribution in [0.15, 0.2) is 18.2 Å². The molecule has 0 spiro atoms. The molecule has 0 fully saturated rings. The Morgan fingerprint density at radius 1 is 1.25 bits per heavy atom. The molecule has 0 heterocycles. The summed E-state index contributed by atoms with van der Waals surface area (Å²) in [5.74, 6) is 0. The molecule has 1 aromatic carbocycles. The van der Waals surface area contributed by atoms with Crippen molar-refractivity contribution in [1.82, 2.24) is 0 Å². The van der Waals surface area contributed by atoms with Gasteiger partial charge in [0.05, 0.1) is 12.1 Å². The molecular formula is C13H22N2O. The van der Waals surface area contributed by atoms with Crippen LogP contribution in [0.5, 0.6) is 0 Å².